The lowest BCUT2D eigenvalue weighted by Crippen LogP contribution is -2.51. The predicted molar refractivity (Wildman–Crippen MR) is 158 cm³/mol. The Labute approximate surface area is 242 Å². The number of nitrogens with zero attached hydrogens (tertiary/aromatic N) is 3. The summed E-state index contributed by atoms with van der Waals surface area (Å²) in [5.74, 6) is -3.26. The number of halogens is 1. The Hall–Kier alpha value is -3.63. The lowest BCUT2D eigenvalue weighted by Gasteiger charge is -2.38. The van der Waals surface area contributed by atoms with E-state index >= 15 is 0 Å². The fourth-order valence-electron chi connectivity index (χ4n) is 5.22. The molecule has 0 aliphatic carbocycles. The summed E-state index contributed by atoms with van der Waals surface area (Å²) in [5, 5.41) is 0. The second-order valence-electron chi connectivity index (χ2n) is 10.7. The highest BCUT2D eigenvalue weighted by atomic mass is 32.2. The van der Waals surface area contributed by atoms with Gasteiger partial charge in [-0.15, -0.1) is 0 Å². The van der Waals surface area contributed by atoms with Gasteiger partial charge in [0.1, 0.15) is 5.82 Å². The van der Waals surface area contributed by atoms with Crippen molar-refractivity contribution in [3.05, 3.63) is 102 Å². The molecule has 1 aromatic heterocycles. The van der Waals surface area contributed by atoms with E-state index in [1.807, 2.05) is 33.8 Å². The van der Waals surface area contributed by atoms with Crippen LogP contribution in [0.15, 0.2) is 79.1 Å². The Balaban J connectivity index is 2.13. The second-order valence-corrected chi connectivity index (χ2v) is 12.7. The first-order valence-corrected chi connectivity index (χ1v) is 15.4. The van der Waals surface area contributed by atoms with Crippen molar-refractivity contribution in [2.75, 3.05) is 12.8 Å². The predicted octanol–water partition coefficient (Wildman–Crippen LogP) is 4.09. The van der Waals surface area contributed by atoms with Crippen LogP contribution < -0.4 is 5.73 Å². The van der Waals surface area contributed by atoms with Gasteiger partial charge in [-0.2, -0.15) is 0 Å². The first-order chi connectivity index (χ1) is 19.3. The van der Waals surface area contributed by atoms with Crippen molar-refractivity contribution < 1.29 is 22.4 Å². The van der Waals surface area contributed by atoms with E-state index in [-0.39, 0.29) is 36.5 Å². The van der Waals surface area contributed by atoms with Gasteiger partial charge in [-0.3, -0.25) is 14.6 Å². The Morgan fingerprint density at radius 1 is 0.878 bits per heavy atom. The van der Waals surface area contributed by atoms with E-state index < -0.39 is 39.6 Å². The molecule has 0 aliphatic heterocycles. The maximum atomic E-state index is 14.3. The van der Waals surface area contributed by atoms with Crippen molar-refractivity contribution in [2.45, 2.75) is 64.1 Å². The molecule has 0 aliphatic rings. The first kappa shape index (κ1) is 31.9. The molecular weight excluding hydrogens is 543 g/mol. The van der Waals surface area contributed by atoms with Crippen LogP contribution in [0.3, 0.4) is 0 Å². The van der Waals surface area contributed by atoms with Crippen LogP contribution in [0.1, 0.15) is 56.2 Å². The van der Waals surface area contributed by atoms with Gasteiger partial charge in [-0.1, -0.05) is 54.6 Å². The summed E-state index contributed by atoms with van der Waals surface area (Å²) in [6.07, 6.45) is 3.93. The molecular formula is C31H39FN4O4S. The number of nitrogens with two attached hydrogens (primary N) is 1. The molecule has 1 heterocycles. The SMILES string of the molecule is CC(C)N(C(=O)C(c1cccnc1)C(CN(C(=O)C(N)Cc1ccccc1F)S(C)(=O)=O)c1ccccc1)C(C)C. The van der Waals surface area contributed by atoms with Crippen LogP contribution in [0, 0.1) is 5.82 Å². The number of sulfonamides is 1. The average molecular weight is 583 g/mol. The lowest BCUT2D eigenvalue weighted by molar-refractivity contribution is -0.138. The number of hydrogen-bond acceptors (Lipinski definition) is 6. The molecule has 0 saturated heterocycles. The van der Waals surface area contributed by atoms with Gasteiger partial charge in [0.2, 0.25) is 15.9 Å². The Kier molecular flexibility index (Phi) is 10.8. The van der Waals surface area contributed by atoms with Crippen molar-refractivity contribution in [2.24, 2.45) is 5.73 Å². The molecule has 2 aromatic carbocycles. The fraction of sp³-hybridized carbons (Fsp3) is 0.387. The molecule has 41 heavy (non-hydrogen) atoms. The normalized spacial score (nSPS) is 14.0. The average Bonchev–Trinajstić information content (AvgIpc) is 2.91. The summed E-state index contributed by atoms with van der Waals surface area (Å²) >= 11 is 0. The highest BCUT2D eigenvalue weighted by molar-refractivity contribution is 7.88. The lowest BCUT2D eigenvalue weighted by atomic mass is 9.80. The quantitative estimate of drug-likeness (QED) is 0.344. The maximum absolute atomic E-state index is 14.3. The molecule has 0 saturated carbocycles. The molecule has 2 N–H and O–H groups in total. The highest BCUT2D eigenvalue weighted by Gasteiger charge is 2.40. The number of amides is 2. The van der Waals surface area contributed by atoms with E-state index in [1.54, 1.807) is 59.8 Å². The summed E-state index contributed by atoms with van der Waals surface area (Å²) in [5.41, 5.74) is 7.66. The zero-order valence-electron chi connectivity index (χ0n) is 24.1. The summed E-state index contributed by atoms with van der Waals surface area (Å²) in [6, 6.07) is 16.8. The number of benzene rings is 2. The zero-order chi connectivity index (χ0) is 30.3. The second kappa shape index (κ2) is 13.8. The molecule has 10 heteroatoms. The van der Waals surface area contributed by atoms with Crippen molar-refractivity contribution >= 4 is 21.8 Å². The monoisotopic (exact) mass is 582 g/mol. The van der Waals surface area contributed by atoms with E-state index in [0.29, 0.717) is 11.1 Å². The van der Waals surface area contributed by atoms with Crippen molar-refractivity contribution in [1.82, 2.24) is 14.2 Å². The molecule has 0 fully saturated rings. The first-order valence-electron chi connectivity index (χ1n) is 13.6. The molecule has 3 aromatic rings. The van der Waals surface area contributed by atoms with Gasteiger partial charge < -0.3 is 10.6 Å². The molecule has 3 atom stereocenters. The summed E-state index contributed by atoms with van der Waals surface area (Å²) in [7, 11) is -4.14. The van der Waals surface area contributed by atoms with Gasteiger partial charge in [0.05, 0.1) is 18.2 Å². The van der Waals surface area contributed by atoms with Crippen LogP contribution in [0.2, 0.25) is 0 Å². The van der Waals surface area contributed by atoms with Crippen LogP contribution in [0.5, 0.6) is 0 Å². The van der Waals surface area contributed by atoms with Crippen molar-refractivity contribution in [1.29, 1.82) is 0 Å². The minimum Gasteiger partial charge on any atom is -0.337 e. The summed E-state index contributed by atoms with van der Waals surface area (Å²) < 4.78 is 41.3. The molecule has 8 nitrogen and oxygen atoms in total. The topological polar surface area (TPSA) is 114 Å². The smallest absolute Gasteiger partial charge is 0.253 e. The number of carbonyl (C=O) groups is 2. The van der Waals surface area contributed by atoms with Crippen LogP contribution in [-0.2, 0) is 26.0 Å². The van der Waals surface area contributed by atoms with Gasteiger partial charge in [0, 0.05) is 36.9 Å². The van der Waals surface area contributed by atoms with E-state index in [9.17, 15) is 22.4 Å². The Bertz CT molecular complexity index is 1410. The van der Waals surface area contributed by atoms with E-state index in [0.717, 1.165) is 10.6 Å². The van der Waals surface area contributed by atoms with Crippen molar-refractivity contribution in [3.8, 4) is 0 Å². The van der Waals surface area contributed by atoms with Crippen LogP contribution in [0.25, 0.3) is 0 Å². The van der Waals surface area contributed by atoms with Crippen molar-refractivity contribution in [3.63, 3.8) is 0 Å². The van der Waals surface area contributed by atoms with Crippen LogP contribution >= 0.6 is 0 Å². The minimum absolute atomic E-state index is 0.139. The van der Waals surface area contributed by atoms with Gasteiger partial charge in [-0.25, -0.2) is 17.1 Å². The molecule has 220 valence electrons. The van der Waals surface area contributed by atoms with E-state index in [1.165, 1.54) is 18.2 Å². The van der Waals surface area contributed by atoms with Crippen LogP contribution in [0.4, 0.5) is 4.39 Å². The van der Waals surface area contributed by atoms with Gasteiger partial charge in [-0.05, 0) is 62.9 Å². The minimum atomic E-state index is -4.14. The third-order valence-corrected chi connectivity index (χ3v) is 8.16. The summed E-state index contributed by atoms with van der Waals surface area (Å²) in [6.45, 7) is 7.34. The molecule has 2 amide bonds. The number of rotatable bonds is 12. The molecule has 0 radical (unpaired) electrons. The maximum Gasteiger partial charge on any atom is 0.253 e. The van der Waals surface area contributed by atoms with E-state index in [4.69, 9.17) is 5.73 Å². The standard InChI is InChI=1S/C31H39FN4O4S/c1-21(2)36(22(3)4)31(38)29(25-15-11-17-34-19-25)26(23-12-7-6-8-13-23)20-35(41(5,39)40)30(37)28(33)18-24-14-9-10-16-27(24)32/h6-17,19,21-22,26,28-29H,18,20,33H2,1-5H3. The third kappa shape index (κ3) is 7.98. The fourth-order valence-corrected chi connectivity index (χ4v) is 6.11. The Morgan fingerprint density at radius 2 is 1.46 bits per heavy atom. The largest absolute Gasteiger partial charge is 0.337 e. The third-order valence-electron chi connectivity index (χ3n) is 7.03. The van der Waals surface area contributed by atoms with Gasteiger partial charge in [0.25, 0.3) is 5.91 Å². The van der Waals surface area contributed by atoms with Gasteiger partial charge >= 0.3 is 0 Å². The number of aromatic nitrogens is 1. The molecule has 0 spiro atoms. The number of hydrogen-bond donors (Lipinski definition) is 1. The highest BCUT2D eigenvalue weighted by Crippen LogP contribution is 2.37. The molecule has 3 rings (SSSR count). The number of carbonyl (C=O) groups excluding carboxylic acids is 2. The number of pyridine rings is 1. The molecule has 0 bridgehead atoms. The van der Waals surface area contributed by atoms with Crippen LogP contribution in [-0.4, -0.2) is 65.3 Å². The van der Waals surface area contributed by atoms with Gasteiger partial charge in [0.15, 0.2) is 0 Å². The Morgan fingerprint density at radius 3 is 2.00 bits per heavy atom. The molecule has 3 unspecified atom stereocenters. The summed E-state index contributed by atoms with van der Waals surface area (Å²) in [4.78, 5) is 34.0. The van der Waals surface area contributed by atoms with E-state index in [2.05, 4.69) is 4.98 Å². The zero-order valence-corrected chi connectivity index (χ0v) is 25.0.